The van der Waals surface area contributed by atoms with Gasteiger partial charge in [0.2, 0.25) is 0 Å². The Kier molecular flexibility index (Phi) is 5.89. The van der Waals surface area contributed by atoms with Crippen LogP contribution in [0.25, 0.3) is 20.4 Å². The van der Waals surface area contributed by atoms with E-state index in [1.165, 1.54) is 24.4 Å². The van der Waals surface area contributed by atoms with Crippen molar-refractivity contribution in [3.05, 3.63) is 53.2 Å². The summed E-state index contributed by atoms with van der Waals surface area (Å²) in [6.45, 7) is 3.41. The summed E-state index contributed by atoms with van der Waals surface area (Å²) < 4.78 is 25.8. The topological polar surface area (TPSA) is 69.2 Å². The molecule has 5 rings (SSSR count). The van der Waals surface area contributed by atoms with Crippen molar-refractivity contribution >= 4 is 37.6 Å². The highest BCUT2D eigenvalue weighted by Crippen LogP contribution is 2.37. The molecule has 0 spiro atoms. The Labute approximate surface area is 189 Å². The number of rotatable bonds is 7. The summed E-state index contributed by atoms with van der Waals surface area (Å²) in [5.74, 6) is 0.699. The molecule has 1 N–H and O–H groups in total. The van der Waals surface area contributed by atoms with Gasteiger partial charge in [-0.2, -0.15) is 0 Å². The van der Waals surface area contributed by atoms with Gasteiger partial charge in [0.15, 0.2) is 11.6 Å². The summed E-state index contributed by atoms with van der Waals surface area (Å²) in [6, 6.07) is 7.28. The first-order chi connectivity index (χ1) is 15.7. The van der Waals surface area contributed by atoms with Crippen LogP contribution in [0.4, 0.5) is 10.2 Å². The molecule has 1 atom stereocenters. The van der Waals surface area contributed by atoms with E-state index in [9.17, 15) is 4.39 Å². The Morgan fingerprint density at radius 2 is 2.16 bits per heavy atom. The lowest BCUT2D eigenvalue weighted by molar-refractivity contribution is 0.0531. The van der Waals surface area contributed by atoms with Gasteiger partial charge in [0.25, 0.3) is 0 Å². The van der Waals surface area contributed by atoms with E-state index in [2.05, 4.69) is 21.4 Å². The second-order valence-electron chi connectivity index (χ2n) is 7.91. The Morgan fingerprint density at radius 3 is 2.97 bits per heavy atom. The van der Waals surface area contributed by atoms with Gasteiger partial charge < -0.3 is 14.8 Å². The van der Waals surface area contributed by atoms with Crippen molar-refractivity contribution in [1.82, 2.24) is 15.0 Å². The summed E-state index contributed by atoms with van der Waals surface area (Å²) in [4.78, 5) is 15.0. The number of thiophene rings is 1. The summed E-state index contributed by atoms with van der Waals surface area (Å²) in [7, 11) is 1.47. The Hall–Kier alpha value is -2.84. The number of hydrogen-bond donors (Lipinski definition) is 1. The highest BCUT2D eigenvalue weighted by molar-refractivity contribution is 7.25. The Balaban J connectivity index is 1.38. The van der Waals surface area contributed by atoms with Gasteiger partial charge >= 0.3 is 0 Å². The van der Waals surface area contributed by atoms with E-state index in [4.69, 9.17) is 14.5 Å². The van der Waals surface area contributed by atoms with Crippen LogP contribution in [0.15, 0.2) is 30.6 Å². The van der Waals surface area contributed by atoms with Crippen LogP contribution in [-0.2, 0) is 24.0 Å². The summed E-state index contributed by atoms with van der Waals surface area (Å²) in [5, 5.41) is 4.47. The van der Waals surface area contributed by atoms with E-state index in [0.717, 1.165) is 57.7 Å². The molecule has 0 fully saturated rings. The second kappa shape index (κ2) is 8.96. The van der Waals surface area contributed by atoms with E-state index < -0.39 is 0 Å². The van der Waals surface area contributed by atoms with Crippen LogP contribution in [-0.4, -0.2) is 41.3 Å². The summed E-state index contributed by atoms with van der Waals surface area (Å²) in [5.41, 5.74) is 4.25. The fourth-order valence-electron chi connectivity index (χ4n) is 4.31. The van der Waals surface area contributed by atoms with Gasteiger partial charge in [0.05, 0.1) is 23.4 Å². The Morgan fingerprint density at radius 1 is 1.25 bits per heavy atom. The van der Waals surface area contributed by atoms with Crippen LogP contribution in [0.5, 0.6) is 5.75 Å². The van der Waals surface area contributed by atoms with Crippen LogP contribution < -0.4 is 10.1 Å². The number of halogens is 1. The maximum Gasteiger partial charge on any atom is 0.165 e. The van der Waals surface area contributed by atoms with E-state index in [1.807, 2.05) is 13.0 Å². The average Bonchev–Trinajstić information content (AvgIpc) is 3.16. The quantitative estimate of drug-likeness (QED) is 0.429. The molecule has 8 heteroatoms. The molecule has 0 bridgehead atoms. The number of pyridine rings is 1. The molecule has 1 aliphatic carbocycles. The normalized spacial score (nSPS) is 15.8. The standard InChI is InChI=1S/C24H25FN4O2S/c1-3-31-16-5-6-19-15(11-16)12-17-21-22(32-24(17)29-19)23(28-13-27-21)26-9-8-14-4-7-20(30-2)18(25)10-14/h4,7,10,12-13,16H,3,5-6,8-9,11H2,1-2H3,(H,26,27,28). The molecule has 4 aromatic rings. The van der Waals surface area contributed by atoms with Crippen molar-refractivity contribution in [2.75, 3.05) is 25.6 Å². The number of methoxy groups -OCH3 is 1. The number of aromatic nitrogens is 3. The van der Waals surface area contributed by atoms with Gasteiger partial charge in [0.1, 0.15) is 17.0 Å². The zero-order valence-electron chi connectivity index (χ0n) is 18.2. The first-order valence-corrected chi connectivity index (χ1v) is 11.7. The molecule has 0 saturated heterocycles. The number of anilines is 1. The lowest BCUT2D eigenvalue weighted by atomic mass is 9.93. The third-order valence-corrected chi connectivity index (χ3v) is 6.98. The van der Waals surface area contributed by atoms with Crippen LogP contribution >= 0.6 is 11.3 Å². The fraction of sp³-hybridized carbons (Fsp3) is 0.375. The van der Waals surface area contributed by atoms with Crippen LogP contribution in [0, 0.1) is 5.82 Å². The van der Waals surface area contributed by atoms with E-state index in [1.54, 1.807) is 23.7 Å². The highest BCUT2D eigenvalue weighted by Gasteiger charge is 2.22. The molecule has 0 amide bonds. The highest BCUT2D eigenvalue weighted by atomic mass is 32.1. The van der Waals surface area contributed by atoms with Gasteiger partial charge in [-0.25, -0.2) is 19.3 Å². The van der Waals surface area contributed by atoms with Crippen LogP contribution in [0.1, 0.15) is 30.2 Å². The third-order valence-electron chi connectivity index (χ3n) is 5.89. The summed E-state index contributed by atoms with van der Waals surface area (Å²) in [6.07, 6.45) is 5.39. The minimum absolute atomic E-state index is 0.257. The fourth-order valence-corrected chi connectivity index (χ4v) is 5.41. The van der Waals surface area contributed by atoms with Crippen molar-refractivity contribution in [2.45, 2.75) is 38.7 Å². The van der Waals surface area contributed by atoms with Crippen molar-refractivity contribution in [3.8, 4) is 5.75 Å². The zero-order valence-corrected chi connectivity index (χ0v) is 19.0. The minimum Gasteiger partial charge on any atom is -0.494 e. The predicted octanol–water partition coefficient (Wildman–Crippen LogP) is 4.94. The number of nitrogens with zero attached hydrogens (tertiary/aromatic N) is 3. The lowest BCUT2D eigenvalue weighted by Gasteiger charge is -2.23. The molecule has 0 aliphatic heterocycles. The van der Waals surface area contributed by atoms with Crippen molar-refractivity contribution in [3.63, 3.8) is 0 Å². The van der Waals surface area contributed by atoms with E-state index in [0.29, 0.717) is 13.0 Å². The molecule has 1 aliphatic rings. The van der Waals surface area contributed by atoms with Crippen molar-refractivity contribution in [1.29, 1.82) is 0 Å². The Bertz CT molecular complexity index is 1280. The number of aryl methyl sites for hydroxylation is 1. The van der Waals surface area contributed by atoms with Gasteiger partial charge in [-0.1, -0.05) is 6.07 Å². The minimum atomic E-state index is -0.347. The number of benzene rings is 1. The third kappa shape index (κ3) is 4.00. The predicted molar refractivity (Wildman–Crippen MR) is 125 cm³/mol. The first-order valence-electron chi connectivity index (χ1n) is 10.9. The number of hydrogen-bond acceptors (Lipinski definition) is 7. The smallest absolute Gasteiger partial charge is 0.165 e. The molecule has 3 aromatic heterocycles. The van der Waals surface area contributed by atoms with Crippen LogP contribution in [0.3, 0.4) is 0 Å². The average molecular weight is 453 g/mol. The molecule has 3 heterocycles. The van der Waals surface area contributed by atoms with Gasteiger partial charge in [-0.3, -0.25) is 0 Å². The molecular formula is C24H25FN4O2S. The molecule has 6 nitrogen and oxygen atoms in total. The summed E-state index contributed by atoms with van der Waals surface area (Å²) >= 11 is 1.62. The molecular weight excluding hydrogens is 427 g/mol. The van der Waals surface area contributed by atoms with Crippen LogP contribution in [0.2, 0.25) is 0 Å². The maximum absolute atomic E-state index is 13.9. The largest absolute Gasteiger partial charge is 0.494 e. The molecule has 0 saturated carbocycles. The first kappa shape index (κ1) is 21.0. The second-order valence-corrected chi connectivity index (χ2v) is 8.91. The van der Waals surface area contributed by atoms with E-state index in [-0.39, 0.29) is 17.7 Å². The van der Waals surface area contributed by atoms with Gasteiger partial charge in [-0.15, -0.1) is 11.3 Å². The monoisotopic (exact) mass is 452 g/mol. The van der Waals surface area contributed by atoms with Crippen molar-refractivity contribution in [2.24, 2.45) is 0 Å². The van der Waals surface area contributed by atoms with Crippen molar-refractivity contribution < 1.29 is 13.9 Å². The molecule has 166 valence electrons. The number of nitrogens with one attached hydrogen (secondary N) is 1. The molecule has 0 radical (unpaired) electrons. The number of fused-ring (bicyclic) bond motifs is 4. The molecule has 32 heavy (non-hydrogen) atoms. The van der Waals surface area contributed by atoms with Gasteiger partial charge in [-0.05, 0) is 55.5 Å². The maximum atomic E-state index is 13.9. The lowest BCUT2D eigenvalue weighted by Crippen LogP contribution is -2.23. The SMILES string of the molecule is CCOC1CCc2nc3sc4c(NCCc5ccc(OC)c(F)c5)ncnc4c3cc2C1. The molecule has 1 aromatic carbocycles. The number of ether oxygens (including phenoxy) is 2. The van der Waals surface area contributed by atoms with E-state index >= 15 is 0 Å². The zero-order chi connectivity index (χ0) is 22.1. The van der Waals surface area contributed by atoms with Gasteiger partial charge in [0, 0.05) is 30.7 Å². The molecule has 1 unspecified atom stereocenters.